The maximum Gasteiger partial charge on any atom is 0.228 e. The van der Waals surface area contributed by atoms with E-state index in [0.717, 1.165) is 32.3 Å². The number of carbonyl (C=O) groups excluding carboxylic acids is 1. The average Bonchev–Trinajstić information content (AvgIpc) is 2.78. The molecule has 2 aromatic carbocycles. The highest BCUT2D eigenvalue weighted by atomic mass is 79.9. The minimum absolute atomic E-state index is 0.00910. The Bertz CT molecular complexity index is 790. The van der Waals surface area contributed by atoms with Gasteiger partial charge in [-0.2, -0.15) is 0 Å². The molecular formula is C17H15BrN2O. The number of hydrogen-bond donors (Lipinski definition) is 2. The number of H-pyrrole nitrogens is 1. The van der Waals surface area contributed by atoms with E-state index >= 15 is 0 Å². The topological polar surface area (TPSA) is 44.9 Å². The fraction of sp³-hybridized carbons (Fsp3) is 0.118. The van der Waals surface area contributed by atoms with Crippen LogP contribution >= 0.6 is 15.9 Å². The van der Waals surface area contributed by atoms with Crippen LogP contribution in [0.25, 0.3) is 10.9 Å². The Labute approximate surface area is 131 Å². The number of nitrogens with one attached hydrogen (secondary N) is 2. The van der Waals surface area contributed by atoms with Crippen LogP contribution in [0.3, 0.4) is 0 Å². The predicted octanol–water partition coefficient (Wildman–Crippen LogP) is 4.42. The third kappa shape index (κ3) is 3.00. The Morgan fingerprint density at radius 3 is 2.62 bits per heavy atom. The number of para-hydroxylation sites is 1. The lowest BCUT2D eigenvalue weighted by molar-refractivity contribution is -0.115. The van der Waals surface area contributed by atoms with Gasteiger partial charge in [0, 0.05) is 26.8 Å². The zero-order valence-corrected chi connectivity index (χ0v) is 13.2. The monoisotopic (exact) mass is 342 g/mol. The number of amides is 1. The molecule has 0 spiro atoms. The van der Waals surface area contributed by atoms with E-state index in [4.69, 9.17) is 0 Å². The van der Waals surface area contributed by atoms with E-state index in [1.807, 2.05) is 55.5 Å². The van der Waals surface area contributed by atoms with Gasteiger partial charge in [0.1, 0.15) is 0 Å². The molecule has 0 radical (unpaired) electrons. The molecule has 0 saturated carbocycles. The molecule has 0 bridgehead atoms. The van der Waals surface area contributed by atoms with Gasteiger partial charge in [0.25, 0.3) is 0 Å². The van der Waals surface area contributed by atoms with E-state index in [-0.39, 0.29) is 5.91 Å². The standard InChI is InChI=1S/C17H15BrN2O/c1-11-15(14-4-2-3-5-16(14)19-11)10-17(21)20-13-8-6-12(18)7-9-13/h2-9,19H,10H2,1H3,(H,20,21). The van der Waals surface area contributed by atoms with Crippen molar-refractivity contribution in [3.05, 3.63) is 64.3 Å². The second-order valence-corrected chi connectivity index (χ2v) is 5.92. The maximum absolute atomic E-state index is 12.2. The fourth-order valence-electron chi connectivity index (χ4n) is 2.46. The molecule has 2 N–H and O–H groups in total. The van der Waals surface area contributed by atoms with Gasteiger partial charge in [-0.3, -0.25) is 4.79 Å². The lowest BCUT2D eigenvalue weighted by Gasteiger charge is -2.06. The summed E-state index contributed by atoms with van der Waals surface area (Å²) in [5.41, 5.74) is 3.98. The van der Waals surface area contributed by atoms with Gasteiger partial charge in [-0.05, 0) is 42.8 Å². The first-order valence-corrected chi connectivity index (χ1v) is 7.54. The summed E-state index contributed by atoms with van der Waals surface area (Å²) in [6.45, 7) is 2.00. The minimum Gasteiger partial charge on any atom is -0.358 e. The lowest BCUT2D eigenvalue weighted by Crippen LogP contribution is -2.14. The molecule has 1 amide bonds. The Balaban J connectivity index is 1.80. The van der Waals surface area contributed by atoms with E-state index < -0.39 is 0 Å². The molecule has 1 aromatic heterocycles. The van der Waals surface area contributed by atoms with Crippen molar-refractivity contribution in [2.24, 2.45) is 0 Å². The van der Waals surface area contributed by atoms with E-state index in [1.165, 1.54) is 0 Å². The van der Waals surface area contributed by atoms with Gasteiger partial charge in [-0.15, -0.1) is 0 Å². The Kier molecular flexibility index (Phi) is 3.80. The Hall–Kier alpha value is -2.07. The second kappa shape index (κ2) is 5.74. The fourth-order valence-corrected chi connectivity index (χ4v) is 2.73. The van der Waals surface area contributed by atoms with E-state index in [0.29, 0.717) is 6.42 Å². The summed E-state index contributed by atoms with van der Waals surface area (Å²) in [6, 6.07) is 15.6. The lowest BCUT2D eigenvalue weighted by atomic mass is 10.1. The van der Waals surface area contributed by atoms with Crippen molar-refractivity contribution < 1.29 is 4.79 Å². The molecule has 3 rings (SSSR count). The molecule has 3 nitrogen and oxygen atoms in total. The maximum atomic E-state index is 12.2. The van der Waals surface area contributed by atoms with Crippen LogP contribution in [0, 0.1) is 6.92 Å². The molecule has 0 fully saturated rings. The molecule has 0 aliphatic carbocycles. The molecule has 0 aliphatic rings. The van der Waals surface area contributed by atoms with Crippen LogP contribution in [-0.4, -0.2) is 10.9 Å². The summed E-state index contributed by atoms with van der Waals surface area (Å²) in [5, 5.41) is 4.04. The van der Waals surface area contributed by atoms with E-state index in [2.05, 4.69) is 26.2 Å². The number of aromatic nitrogens is 1. The number of carbonyl (C=O) groups is 1. The van der Waals surface area contributed by atoms with Gasteiger partial charge in [0.2, 0.25) is 5.91 Å². The average molecular weight is 343 g/mol. The second-order valence-electron chi connectivity index (χ2n) is 5.01. The van der Waals surface area contributed by atoms with Gasteiger partial charge in [0.15, 0.2) is 0 Å². The highest BCUT2D eigenvalue weighted by Gasteiger charge is 2.12. The SMILES string of the molecule is Cc1[nH]c2ccccc2c1CC(=O)Nc1ccc(Br)cc1. The summed E-state index contributed by atoms with van der Waals surface area (Å²) in [5.74, 6) is -0.00910. The van der Waals surface area contributed by atoms with Gasteiger partial charge >= 0.3 is 0 Å². The van der Waals surface area contributed by atoms with Crippen molar-refractivity contribution in [3.8, 4) is 0 Å². The number of benzene rings is 2. The van der Waals surface area contributed by atoms with Gasteiger partial charge in [-0.25, -0.2) is 0 Å². The number of aryl methyl sites for hydroxylation is 1. The van der Waals surface area contributed by atoms with Crippen molar-refractivity contribution in [2.75, 3.05) is 5.32 Å². The molecule has 0 unspecified atom stereocenters. The number of halogens is 1. The van der Waals surface area contributed by atoms with Crippen LogP contribution in [0.4, 0.5) is 5.69 Å². The number of hydrogen-bond acceptors (Lipinski definition) is 1. The first-order valence-electron chi connectivity index (χ1n) is 6.75. The van der Waals surface area contributed by atoms with Crippen LogP contribution in [0.1, 0.15) is 11.3 Å². The zero-order chi connectivity index (χ0) is 14.8. The first-order chi connectivity index (χ1) is 10.1. The molecule has 4 heteroatoms. The van der Waals surface area contributed by atoms with Crippen LogP contribution in [-0.2, 0) is 11.2 Å². The number of rotatable bonds is 3. The molecule has 0 atom stereocenters. The normalized spacial score (nSPS) is 10.8. The van der Waals surface area contributed by atoms with Crippen molar-refractivity contribution >= 4 is 38.4 Å². The van der Waals surface area contributed by atoms with Crippen molar-refractivity contribution in [1.29, 1.82) is 0 Å². The van der Waals surface area contributed by atoms with Crippen molar-refractivity contribution in [1.82, 2.24) is 4.98 Å². The third-order valence-corrected chi connectivity index (χ3v) is 4.02. The molecule has 1 heterocycles. The van der Waals surface area contributed by atoms with Gasteiger partial charge in [0.05, 0.1) is 6.42 Å². The summed E-state index contributed by atoms with van der Waals surface area (Å²) in [7, 11) is 0. The zero-order valence-electron chi connectivity index (χ0n) is 11.6. The predicted molar refractivity (Wildman–Crippen MR) is 89.5 cm³/mol. The summed E-state index contributed by atoms with van der Waals surface area (Å²) >= 11 is 3.38. The summed E-state index contributed by atoms with van der Waals surface area (Å²) in [6.07, 6.45) is 0.367. The molecule has 21 heavy (non-hydrogen) atoms. The van der Waals surface area contributed by atoms with Crippen LogP contribution in [0.5, 0.6) is 0 Å². The van der Waals surface area contributed by atoms with Crippen LogP contribution in [0.2, 0.25) is 0 Å². The molecule has 106 valence electrons. The molecule has 3 aromatic rings. The quantitative estimate of drug-likeness (QED) is 0.726. The summed E-state index contributed by atoms with van der Waals surface area (Å²) in [4.78, 5) is 15.5. The smallest absolute Gasteiger partial charge is 0.228 e. The van der Waals surface area contributed by atoms with Gasteiger partial charge in [-0.1, -0.05) is 34.1 Å². The van der Waals surface area contributed by atoms with E-state index in [1.54, 1.807) is 0 Å². The Morgan fingerprint density at radius 2 is 1.86 bits per heavy atom. The largest absolute Gasteiger partial charge is 0.358 e. The Morgan fingerprint density at radius 1 is 1.14 bits per heavy atom. The minimum atomic E-state index is -0.00910. The molecular weight excluding hydrogens is 328 g/mol. The number of aromatic amines is 1. The third-order valence-electron chi connectivity index (χ3n) is 3.49. The molecule has 0 saturated heterocycles. The first kappa shape index (κ1) is 13.9. The highest BCUT2D eigenvalue weighted by molar-refractivity contribution is 9.10. The number of fused-ring (bicyclic) bond motifs is 1. The van der Waals surface area contributed by atoms with Crippen molar-refractivity contribution in [3.63, 3.8) is 0 Å². The van der Waals surface area contributed by atoms with Crippen LogP contribution < -0.4 is 5.32 Å². The number of anilines is 1. The van der Waals surface area contributed by atoms with Crippen LogP contribution in [0.15, 0.2) is 53.0 Å². The highest BCUT2D eigenvalue weighted by Crippen LogP contribution is 2.23. The van der Waals surface area contributed by atoms with E-state index in [9.17, 15) is 4.79 Å². The summed E-state index contributed by atoms with van der Waals surface area (Å²) < 4.78 is 0.993. The van der Waals surface area contributed by atoms with Crippen molar-refractivity contribution in [2.45, 2.75) is 13.3 Å². The molecule has 0 aliphatic heterocycles. The van der Waals surface area contributed by atoms with Gasteiger partial charge < -0.3 is 10.3 Å².